The Balaban J connectivity index is 2.07. The SMILES string of the molecule is O=S(=O)(O)c1cccc(C(=C2C=CC(=[N+](CCOCCO)CCOCCO)C=C2)c2cccc(N(CCOCCO)CCOCCO)c2)c1. The van der Waals surface area contributed by atoms with E-state index in [1.165, 1.54) is 12.1 Å². The average molecular weight is 706 g/mol. The van der Waals surface area contributed by atoms with Crippen LogP contribution in [0.3, 0.4) is 0 Å². The minimum absolute atomic E-state index is 0.0698. The second-order valence-electron chi connectivity index (χ2n) is 10.8. The predicted molar refractivity (Wildman–Crippen MR) is 186 cm³/mol. The van der Waals surface area contributed by atoms with Gasteiger partial charge in [0.2, 0.25) is 0 Å². The normalized spacial score (nSPS) is 12.9. The lowest BCUT2D eigenvalue weighted by Crippen LogP contribution is -2.31. The predicted octanol–water partition coefficient (Wildman–Crippen LogP) is 1.16. The van der Waals surface area contributed by atoms with E-state index >= 15 is 0 Å². The molecule has 0 saturated carbocycles. The molecular weight excluding hydrogens is 656 g/mol. The first-order valence-electron chi connectivity index (χ1n) is 16.2. The van der Waals surface area contributed by atoms with Crippen molar-refractivity contribution in [2.75, 3.05) is 110 Å². The third-order valence-corrected chi connectivity index (χ3v) is 8.26. The maximum absolute atomic E-state index is 12.1. The van der Waals surface area contributed by atoms with E-state index in [1.807, 2.05) is 48.6 Å². The van der Waals surface area contributed by atoms with Gasteiger partial charge in [0.05, 0.1) is 71.0 Å². The van der Waals surface area contributed by atoms with Crippen molar-refractivity contribution in [2.24, 2.45) is 0 Å². The molecule has 1 aliphatic carbocycles. The van der Waals surface area contributed by atoms with E-state index in [9.17, 15) is 13.0 Å². The monoisotopic (exact) mass is 705 g/mol. The third-order valence-electron chi connectivity index (χ3n) is 7.41. The molecule has 0 atom stereocenters. The second kappa shape index (κ2) is 22.4. The topological polar surface area (TPSA) is 178 Å². The van der Waals surface area contributed by atoms with Crippen molar-refractivity contribution < 1.29 is 56.9 Å². The number of aliphatic hydroxyl groups is 4. The van der Waals surface area contributed by atoms with Gasteiger partial charge in [0, 0.05) is 30.9 Å². The second-order valence-corrected chi connectivity index (χ2v) is 12.2. The summed E-state index contributed by atoms with van der Waals surface area (Å²) >= 11 is 0. The number of benzene rings is 2. The zero-order valence-electron chi connectivity index (χ0n) is 27.7. The van der Waals surface area contributed by atoms with Gasteiger partial charge >= 0.3 is 0 Å². The molecule has 0 bridgehead atoms. The van der Waals surface area contributed by atoms with E-state index in [4.69, 9.17) is 39.4 Å². The highest BCUT2D eigenvalue weighted by atomic mass is 32.2. The molecule has 0 amide bonds. The maximum atomic E-state index is 12.1. The van der Waals surface area contributed by atoms with Crippen LogP contribution in [0.4, 0.5) is 5.69 Å². The number of allylic oxidation sites excluding steroid dienone is 5. The summed E-state index contributed by atoms with van der Waals surface area (Å²) in [6.07, 6.45) is 7.79. The molecule has 2 aromatic rings. The van der Waals surface area contributed by atoms with E-state index in [0.29, 0.717) is 58.2 Å². The summed E-state index contributed by atoms with van der Waals surface area (Å²) < 4.78 is 58.2. The van der Waals surface area contributed by atoms with Crippen LogP contribution >= 0.6 is 0 Å². The highest BCUT2D eigenvalue weighted by Gasteiger charge is 2.19. The fraction of sp³-hybridized carbons (Fsp3) is 0.457. The molecule has 0 spiro atoms. The van der Waals surface area contributed by atoms with Crippen LogP contribution in [0.25, 0.3) is 5.57 Å². The van der Waals surface area contributed by atoms with Gasteiger partial charge in [-0.05, 0) is 58.7 Å². The molecule has 270 valence electrons. The van der Waals surface area contributed by atoms with Crippen LogP contribution in [0.15, 0.2) is 83.3 Å². The van der Waals surface area contributed by atoms with Gasteiger partial charge < -0.3 is 44.3 Å². The Bertz CT molecular complexity index is 1480. The lowest BCUT2D eigenvalue weighted by molar-refractivity contribution is -0.532. The molecule has 1 aliphatic rings. The molecule has 0 saturated heterocycles. The van der Waals surface area contributed by atoms with E-state index < -0.39 is 10.1 Å². The third kappa shape index (κ3) is 13.9. The van der Waals surface area contributed by atoms with Crippen LogP contribution in [-0.4, -0.2) is 149 Å². The summed E-state index contributed by atoms with van der Waals surface area (Å²) in [7, 11) is -4.47. The smallest absolute Gasteiger partial charge is 0.294 e. The Morgan fingerprint density at radius 3 is 1.63 bits per heavy atom. The molecule has 0 radical (unpaired) electrons. The van der Waals surface area contributed by atoms with Crippen molar-refractivity contribution in [2.45, 2.75) is 4.90 Å². The van der Waals surface area contributed by atoms with Gasteiger partial charge in [-0.3, -0.25) is 4.55 Å². The first-order valence-corrected chi connectivity index (χ1v) is 17.7. The van der Waals surface area contributed by atoms with Crippen LogP contribution in [0.1, 0.15) is 11.1 Å². The molecular formula is C35H49N2O11S+. The minimum atomic E-state index is -4.47. The maximum Gasteiger partial charge on any atom is 0.294 e. The molecule has 0 fully saturated rings. The molecule has 5 N–H and O–H groups in total. The quantitative estimate of drug-likeness (QED) is 0.0599. The number of hydrogen-bond acceptors (Lipinski definition) is 11. The van der Waals surface area contributed by atoms with Gasteiger partial charge in [-0.1, -0.05) is 24.3 Å². The van der Waals surface area contributed by atoms with Crippen LogP contribution in [0.2, 0.25) is 0 Å². The van der Waals surface area contributed by atoms with Gasteiger partial charge in [-0.2, -0.15) is 8.42 Å². The van der Waals surface area contributed by atoms with Gasteiger partial charge in [-0.15, -0.1) is 0 Å². The van der Waals surface area contributed by atoms with Crippen molar-refractivity contribution in [3.05, 3.63) is 89.5 Å². The van der Waals surface area contributed by atoms with Gasteiger partial charge in [0.25, 0.3) is 10.1 Å². The summed E-state index contributed by atoms with van der Waals surface area (Å²) in [5.41, 5.74) is 4.65. The van der Waals surface area contributed by atoms with Crippen molar-refractivity contribution in [1.82, 2.24) is 0 Å². The number of ether oxygens (including phenoxy) is 4. The first-order chi connectivity index (χ1) is 23.8. The highest BCUT2D eigenvalue weighted by Crippen LogP contribution is 2.33. The van der Waals surface area contributed by atoms with Crippen LogP contribution in [0.5, 0.6) is 0 Å². The Kier molecular flexibility index (Phi) is 18.4. The number of nitrogens with zero attached hydrogens (tertiary/aromatic N) is 2. The van der Waals surface area contributed by atoms with Crippen molar-refractivity contribution in [3.63, 3.8) is 0 Å². The number of anilines is 1. The first kappa shape index (κ1) is 40.2. The van der Waals surface area contributed by atoms with E-state index in [-0.39, 0.29) is 57.8 Å². The molecule has 49 heavy (non-hydrogen) atoms. The lowest BCUT2D eigenvalue weighted by Gasteiger charge is -2.26. The highest BCUT2D eigenvalue weighted by molar-refractivity contribution is 7.85. The van der Waals surface area contributed by atoms with Crippen LogP contribution in [0, 0.1) is 0 Å². The van der Waals surface area contributed by atoms with Gasteiger partial charge in [0.1, 0.15) is 13.2 Å². The van der Waals surface area contributed by atoms with Gasteiger partial charge in [0.15, 0.2) is 18.8 Å². The van der Waals surface area contributed by atoms with E-state index in [1.54, 1.807) is 12.1 Å². The Morgan fingerprint density at radius 2 is 1.12 bits per heavy atom. The standard InChI is InChI=1S/C35H48N2O11S/c38-15-23-45-19-11-36(12-20-46-24-16-39)32-9-7-29(8-10-32)35(31-4-2-6-34(28-31)49(42,43)44)30-3-1-5-33(27-30)37(13-21-47-25-17-40)14-22-48-26-18-41/h1-10,27-28,38-41H,11-26H2/p+1. The zero-order chi connectivity index (χ0) is 35.3. The van der Waals surface area contributed by atoms with Crippen molar-refractivity contribution >= 4 is 27.1 Å². The van der Waals surface area contributed by atoms with Crippen LogP contribution < -0.4 is 4.90 Å². The molecule has 13 nitrogen and oxygen atoms in total. The minimum Gasteiger partial charge on any atom is -0.394 e. The van der Waals surface area contributed by atoms with Crippen molar-refractivity contribution in [1.29, 1.82) is 0 Å². The Morgan fingerprint density at radius 1 is 0.633 bits per heavy atom. The Hall–Kier alpha value is -3.28. The largest absolute Gasteiger partial charge is 0.394 e. The fourth-order valence-corrected chi connectivity index (χ4v) is 5.64. The average Bonchev–Trinajstić information content (AvgIpc) is 3.11. The van der Waals surface area contributed by atoms with E-state index in [0.717, 1.165) is 28.1 Å². The van der Waals surface area contributed by atoms with Gasteiger partial charge in [-0.25, -0.2) is 4.58 Å². The molecule has 3 rings (SSSR count). The fourth-order valence-electron chi connectivity index (χ4n) is 5.11. The molecule has 0 aliphatic heterocycles. The molecule has 0 aromatic heterocycles. The summed E-state index contributed by atoms with van der Waals surface area (Å²) in [4.78, 5) is 1.85. The summed E-state index contributed by atoms with van der Waals surface area (Å²) in [5, 5.41) is 36.4. The molecule has 0 unspecified atom stereocenters. The van der Waals surface area contributed by atoms with E-state index in [2.05, 4.69) is 9.48 Å². The Labute approximate surface area is 288 Å². The molecule has 14 heteroatoms. The summed E-state index contributed by atoms with van der Waals surface area (Å²) in [5.74, 6) is 0. The molecule has 2 aromatic carbocycles. The lowest BCUT2D eigenvalue weighted by atomic mass is 9.90. The summed E-state index contributed by atoms with van der Waals surface area (Å²) in [6, 6.07) is 13.9. The number of aliphatic hydroxyl groups excluding tert-OH is 4. The zero-order valence-corrected chi connectivity index (χ0v) is 28.5. The number of rotatable bonds is 24. The number of hydrogen-bond donors (Lipinski definition) is 5. The summed E-state index contributed by atoms with van der Waals surface area (Å²) in [6.45, 7) is 4.21. The van der Waals surface area contributed by atoms with Crippen molar-refractivity contribution in [3.8, 4) is 0 Å². The molecule has 0 heterocycles. The van der Waals surface area contributed by atoms with Crippen LogP contribution in [-0.2, 0) is 29.1 Å².